The highest BCUT2D eigenvalue weighted by Crippen LogP contribution is 2.22. The van der Waals surface area contributed by atoms with Gasteiger partial charge in [-0.3, -0.25) is 9.00 Å². The van der Waals surface area contributed by atoms with E-state index in [1.165, 1.54) is 36.4 Å². The molecule has 2 rings (SSSR count). The molecule has 0 N–H and O–H groups in total. The largest absolute Gasteiger partial charge is 0.293 e. The Kier molecular flexibility index (Phi) is 4.91. The van der Waals surface area contributed by atoms with Crippen LogP contribution in [0.3, 0.4) is 0 Å². The van der Waals surface area contributed by atoms with Crippen molar-refractivity contribution in [3.05, 3.63) is 63.9 Å². The van der Waals surface area contributed by atoms with E-state index in [4.69, 9.17) is 23.2 Å². The third-order valence-corrected chi connectivity index (χ3v) is 4.47. The van der Waals surface area contributed by atoms with E-state index in [9.17, 15) is 13.4 Å². The monoisotopic (exact) mass is 330 g/mol. The van der Waals surface area contributed by atoms with Crippen LogP contribution in [0.1, 0.15) is 10.4 Å². The van der Waals surface area contributed by atoms with Crippen LogP contribution in [0.5, 0.6) is 0 Å². The molecule has 1 unspecified atom stereocenters. The topological polar surface area (TPSA) is 34.1 Å². The number of hydrogen-bond donors (Lipinski definition) is 0. The lowest BCUT2D eigenvalue weighted by Gasteiger charge is -2.05. The minimum atomic E-state index is -1.76. The number of ketones is 1. The van der Waals surface area contributed by atoms with Crippen LogP contribution in [-0.2, 0) is 10.8 Å². The highest BCUT2D eigenvalue weighted by Gasteiger charge is 2.17. The molecule has 0 bridgehead atoms. The summed E-state index contributed by atoms with van der Waals surface area (Å²) in [5.41, 5.74) is 0.223. The van der Waals surface area contributed by atoms with Crippen LogP contribution in [0.25, 0.3) is 0 Å². The maximum Gasteiger partial charge on any atom is 0.177 e. The third-order valence-electron chi connectivity index (χ3n) is 2.58. The summed E-state index contributed by atoms with van der Waals surface area (Å²) in [6, 6.07) is 10.1. The summed E-state index contributed by atoms with van der Waals surface area (Å²) in [6.07, 6.45) is 0. The highest BCUT2D eigenvalue weighted by molar-refractivity contribution is 7.85. The van der Waals surface area contributed by atoms with Crippen molar-refractivity contribution >= 4 is 39.8 Å². The zero-order chi connectivity index (χ0) is 14.7. The van der Waals surface area contributed by atoms with Gasteiger partial charge in [0.1, 0.15) is 5.82 Å². The fraction of sp³-hybridized carbons (Fsp3) is 0.0714. The van der Waals surface area contributed by atoms with Crippen molar-refractivity contribution in [1.29, 1.82) is 0 Å². The third kappa shape index (κ3) is 3.45. The summed E-state index contributed by atoms with van der Waals surface area (Å²) in [5.74, 6) is -1.35. The first-order chi connectivity index (χ1) is 9.49. The Labute approximate surface area is 128 Å². The van der Waals surface area contributed by atoms with Crippen molar-refractivity contribution in [3.63, 3.8) is 0 Å². The molecule has 0 saturated carbocycles. The van der Waals surface area contributed by atoms with Gasteiger partial charge in [0, 0.05) is 10.6 Å². The molecule has 0 aliphatic rings. The summed E-state index contributed by atoms with van der Waals surface area (Å²) in [5, 5.41) is 0.592. The van der Waals surface area contributed by atoms with Crippen LogP contribution < -0.4 is 0 Å². The average Bonchev–Trinajstić information content (AvgIpc) is 2.38. The number of hydrogen-bond acceptors (Lipinski definition) is 2. The molecule has 2 aromatic rings. The number of benzene rings is 2. The van der Waals surface area contributed by atoms with E-state index in [2.05, 4.69) is 0 Å². The molecule has 1 atom stereocenters. The SMILES string of the molecule is O=C(CS(=O)c1ccccc1F)c1ccc(Cl)cc1Cl. The standard InChI is InChI=1S/C14H9Cl2FO2S/c15-9-5-6-10(11(16)7-9)13(18)8-20(19)14-4-2-1-3-12(14)17/h1-7H,8H2. The van der Waals surface area contributed by atoms with E-state index in [-0.39, 0.29) is 21.2 Å². The van der Waals surface area contributed by atoms with Crippen LogP contribution in [0.15, 0.2) is 47.4 Å². The molecule has 0 amide bonds. The molecule has 6 heteroatoms. The first-order valence-corrected chi connectivity index (χ1v) is 7.67. The second-order valence-corrected chi connectivity index (χ2v) is 6.23. The number of halogens is 3. The summed E-state index contributed by atoms with van der Waals surface area (Å²) in [6.45, 7) is 0. The van der Waals surface area contributed by atoms with Gasteiger partial charge in [-0.25, -0.2) is 4.39 Å². The van der Waals surface area contributed by atoms with Crippen molar-refractivity contribution in [2.45, 2.75) is 4.90 Å². The molecular weight excluding hydrogens is 322 g/mol. The predicted octanol–water partition coefficient (Wildman–Crippen LogP) is 4.12. The van der Waals surface area contributed by atoms with Crippen LogP contribution in [-0.4, -0.2) is 15.7 Å². The van der Waals surface area contributed by atoms with E-state index in [0.717, 1.165) is 0 Å². The maximum absolute atomic E-state index is 13.5. The van der Waals surface area contributed by atoms with E-state index in [0.29, 0.717) is 5.02 Å². The zero-order valence-corrected chi connectivity index (χ0v) is 12.4. The van der Waals surface area contributed by atoms with Gasteiger partial charge in [0.2, 0.25) is 0 Å². The Hall–Kier alpha value is -1.23. The Balaban J connectivity index is 2.20. The molecule has 0 saturated heterocycles. The van der Waals surface area contributed by atoms with Crippen LogP contribution in [0.2, 0.25) is 10.0 Å². The van der Waals surface area contributed by atoms with Crippen LogP contribution in [0.4, 0.5) is 4.39 Å². The van der Waals surface area contributed by atoms with Gasteiger partial charge in [0.25, 0.3) is 0 Å². The lowest BCUT2D eigenvalue weighted by molar-refractivity contribution is 0.102. The summed E-state index contributed by atoms with van der Waals surface area (Å²) in [4.78, 5) is 12.0. The Morgan fingerprint density at radius 3 is 2.50 bits per heavy atom. The lowest BCUT2D eigenvalue weighted by Crippen LogP contribution is -2.12. The number of rotatable bonds is 4. The van der Waals surface area contributed by atoms with Gasteiger partial charge >= 0.3 is 0 Å². The molecule has 0 fully saturated rings. The number of carbonyl (C=O) groups excluding carboxylic acids is 1. The highest BCUT2D eigenvalue weighted by atomic mass is 35.5. The second-order valence-electron chi connectivity index (χ2n) is 3.97. The molecule has 2 aromatic carbocycles. The predicted molar refractivity (Wildman–Crippen MR) is 78.5 cm³/mol. The van der Waals surface area contributed by atoms with E-state index >= 15 is 0 Å². The lowest BCUT2D eigenvalue weighted by atomic mass is 10.1. The minimum Gasteiger partial charge on any atom is -0.293 e. The molecule has 0 aliphatic carbocycles. The van der Waals surface area contributed by atoms with E-state index < -0.39 is 22.4 Å². The van der Waals surface area contributed by atoms with Crippen LogP contribution >= 0.6 is 23.2 Å². The Morgan fingerprint density at radius 2 is 1.85 bits per heavy atom. The fourth-order valence-electron chi connectivity index (χ4n) is 1.62. The van der Waals surface area contributed by atoms with Crippen molar-refractivity contribution in [1.82, 2.24) is 0 Å². The minimum absolute atomic E-state index is 0.00550. The second kappa shape index (κ2) is 6.48. The van der Waals surface area contributed by atoms with Gasteiger partial charge in [-0.05, 0) is 30.3 Å². The summed E-state index contributed by atoms with van der Waals surface area (Å²) in [7, 11) is -1.76. The van der Waals surface area contributed by atoms with Gasteiger partial charge in [0.05, 0.1) is 26.5 Å². The molecular formula is C14H9Cl2FO2S. The van der Waals surface area contributed by atoms with Gasteiger partial charge < -0.3 is 0 Å². The smallest absolute Gasteiger partial charge is 0.177 e. The molecule has 0 heterocycles. The van der Waals surface area contributed by atoms with Crippen molar-refractivity contribution in [2.75, 3.05) is 5.75 Å². The molecule has 104 valence electrons. The summed E-state index contributed by atoms with van der Waals surface area (Å²) < 4.78 is 25.5. The average molecular weight is 331 g/mol. The first-order valence-electron chi connectivity index (χ1n) is 5.60. The zero-order valence-electron chi connectivity index (χ0n) is 10.1. The summed E-state index contributed by atoms with van der Waals surface area (Å²) >= 11 is 11.6. The molecule has 0 spiro atoms. The van der Waals surface area contributed by atoms with E-state index in [1.807, 2.05) is 0 Å². The number of Topliss-reactive ketones (excluding diaryl/α,β-unsaturated/α-hetero) is 1. The normalized spacial score (nSPS) is 12.2. The Morgan fingerprint density at radius 1 is 1.15 bits per heavy atom. The molecule has 0 aromatic heterocycles. The van der Waals surface area contributed by atoms with Crippen LogP contribution in [0, 0.1) is 5.82 Å². The molecule has 0 radical (unpaired) electrons. The fourth-order valence-corrected chi connectivity index (χ4v) is 3.20. The molecule has 20 heavy (non-hydrogen) atoms. The molecule has 2 nitrogen and oxygen atoms in total. The Bertz CT molecular complexity index is 689. The maximum atomic E-state index is 13.5. The number of carbonyl (C=O) groups is 1. The van der Waals surface area contributed by atoms with Gasteiger partial charge in [-0.1, -0.05) is 35.3 Å². The van der Waals surface area contributed by atoms with Gasteiger partial charge in [-0.15, -0.1) is 0 Å². The first kappa shape index (κ1) is 15.2. The van der Waals surface area contributed by atoms with Crippen molar-refractivity contribution in [2.24, 2.45) is 0 Å². The van der Waals surface area contributed by atoms with Crippen molar-refractivity contribution < 1.29 is 13.4 Å². The van der Waals surface area contributed by atoms with Gasteiger partial charge in [0.15, 0.2) is 5.78 Å². The van der Waals surface area contributed by atoms with E-state index in [1.54, 1.807) is 6.07 Å². The van der Waals surface area contributed by atoms with Crippen molar-refractivity contribution in [3.8, 4) is 0 Å². The van der Waals surface area contributed by atoms with Gasteiger partial charge in [-0.2, -0.15) is 0 Å². The molecule has 0 aliphatic heterocycles. The quantitative estimate of drug-likeness (QED) is 0.790.